The van der Waals surface area contributed by atoms with Gasteiger partial charge in [0.1, 0.15) is 12.4 Å². The Bertz CT molecular complexity index is 561. The molecule has 0 spiro atoms. The van der Waals surface area contributed by atoms with E-state index in [1.165, 1.54) is 0 Å². The van der Waals surface area contributed by atoms with Crippen molar-refractivity contribution in [1.82, 2.24) is 9.78 Å². The number of rotatable bonds is 4. The summed E-state index contributed by atoms with van der Waals surface area (Å²) in [5, 5.41) is 4.68. The van der Waals surface area contributed by atoms with E-state index in [4.69, 9.17) is 27.8 Å². The first-order valence-corrected chi connectivity index (χ1v) is 6.32. The lowest BCUT2D eigenvalue weighted by molar-refractivity contribution is 0.297. The van der Waals surface area contributed by atoms with Gasteiger partial charge in [-0.15, -0.1) is 0 Å². The van der Waals surface area contributed by atoms with Crippen LogP contribution in [0.1, 0.15) is 6.92 Å². The number of aromatic nitrogens is 2. The molecule has 0 saturated carbocycles. The highest BCUT2D eigenvalue weighted by Gasteiger charge is 2.15. The van der Waals surface area contributed by atoms with E-state index in [-0.39, 0.29) is 6.04 Å². The van der Waals surface area contributed by atoms with E-state index >= 15 is 0 Å². The molecule has 19 heavy (non-hydrogen) atoms. The summed E-state index contributed by atoms with van der Waals surface area (Å²) in [6.45, 7) is 2.31. The molecule has 0 radical (unpaired) electrons. The van der Waals surface area contributed by atoms with Gasteiger partial charge in [0.05, 0.1) is 16.9 Å². The van der Waals surface area contributed by atoms with E-state index in [0.717, 1.165) is 11.3 Å². The minimum Gasteiger partial charge on any atom is -0.491 e. The number of nitrogens with zero attached hydrogens (tertiary/aromatic N) is 2. The maximum Gasteiger partial charge on any atom is 0.128 e. The van der Waals surface area contributed by atoms with Crippen LogP contribution in [0.25, 0.3) is 11.3 Å². The van der Waals surface area contributed by atoms with Crippen molar-refractivity contribution < 1.29 is 4.74 Å². The maximum absolute atomic E-state index is 6.16. The second-order valence-corrected chi connectivity index (χ2v) is 4.92. The van der Waals surface area contributed by atoms with E-state index in [2.05, 4.69) is 5.10 Å². The molecule has 0 unspecified atom stereocenters. The fourth-order valence-corrected chi connectivity index (χ4v) is 2.06. The number of aryl methyl sites for hydroxylation is 1. The van der Waals surface area contributed by atoms with E-state index in [9.17, 15) is 0 Å². The average molecular weight is 281 g/mol. The first kappa shape index (κ1) is 13.7. The van der Waals surface area contributed by atoms with Crippen LogP contribution in [0, 0.1) is 0 Å². The number of nitrogen functional groups attached to an aromatic ring is 1. The van der Waals surface area contributed by atoms with Crippen molar-refractivity contribution in [3.8, 4) is 17.0 Å². The van der Waals surface area contributed by atoms with Crippen LogP contribution in [0.15, 0.2) is 24.4 Å². The van der Waals surface area contributed by atoms with Gasteiger partial charge in [-0.25, -0.2) is 0 Å². The minimum atomic E-state index is -0.0487. The molecular weight excluding hydrogens is 264 g/mol. The van der Waals surface area contributed by atoms with Gasteiger partial charge in [0.2, 0.25) is 0 Å². The predicted molar refractivity (Wildman–Crippen MR) is 77.2 cm³/mol. The van der Waals surface area contributed by atoms with Gasteiger partial charge in [-0.05, 0) is 25.1 Å². The van der Waals surface area contributed by atoms with Gasteiger partial charge in [-0.1, -0.05) is 11.6 Å². The Balaban J connectivity index is 2.46. The van der Waals surface area contributed by atoms with E-state index in [1.807, 2.05) is 26.1 Å². The molecule has 4 N–H and O–H groups in total. The highest BCUT2D eigenvalue weighted by atomic mass is 35.5. The Morgan fingerprint density at radius 1 is 1.47 bits per heavy atom. The molecule has 0 bridgehead atoms. The van der Waals surface area contributed by atoms with Crippen LogP contribution in [0.3, 0.4) is 0 Å². The first-order valence-electron chi connectivity index (χ1n) is 5.95. The Hall–Kier alpha value is -1.72. The summed E-state index contributed by atoms with van der Waals surface area (Å²) in [5.41, 5.74) is 13.8. The number of anilines is 1. The van der Waals surface area contributed by atoms with E-state index in [0.29, 0.717) is 23.1 Å². The number of benzene rings is 1. The molecule has 6 heteroatoms. The fourth-order valence-electron chi connectivity index (χ4n) is 1.79. The van der Waals surface area contributed by atoms with Gasteiger partial charge < -0.3 is 16.2 Å². The third-order valence-corrected chi connectivity index (χ3v) is 2.93. The normalized spacial score (nSPS) is 12.4. The molecule has 0 aliphatic rings. The number of hydrogen-bond acceptors (Lipinski definition) is 4. The van der Waals surface area contributed by atoms with Gasteiger partial charge in [-0.2, -0.15) is 5.10 Å². The third-order valence-electron chi connectivity index (χ3n) is 2.65. The molecule has 2 aromatic rings. The second-order valence-electron chi connectivity index (χ2n) is 4.51. The van der Waals surface area contributed by atoms with Crippen molar-refractivity contribution >= 4 is 17.3 Å². The summed E-state index contributed by atoms with van der Waals surface area (Å²) in [5.74, 6) is 0.692. The molecule has 102 valence electrons. The molecule has 1 aromatic carbocycles. The molecule has 5 nitrogen and oxygen atoms in total. The zero-order valence-electron chi connectivity index (χ0n) is 10.9. The molecule has 2 rings (SSSR count). The SMILES string of the molecule is C[C@H](N)COc1ccc(N)cc1-c1c(Cl)cnn1C. The Morgan fingerprint density at radius 3 is 2.79 bits per heavy atom. The van der Waals surface area contributed by atoms with Crippen molar-refractivity contribution in [3.05, 3.63) is 29.4 Å². The molecule has 0 aliphatic carbocycles. The lowest BCUT2D eigenvalue weighted by Gasteiger charge is -2.14. The van der Waals surface area contributed by atoms with Gasteiger partial charge >= 0.3 is 0 Å². The highest BCUT2D eigenvalue weighted by Crippen LogP contribution is 2.35. The van der Waals surface area contributed by atoms with Crippen molar-refractivity contribution in [1.29, 1.82) is 0 Å². The zero-order chi connectivity index (χ0) is 14.0. The average Bonchev–Trinajstić information content (AvgIpc) is 2.67. The quantitative estimate of drug-likeness (QED) is 0.840. The largest absolute Gasteiger partial charge is 0.491 e. The Morgan fingerprint density at radius 2 is 2.21 bits per heavy atom. The lowest BCUT2D eigenvalue weighted by atomic mass is 10.1. The van der Waals surface area contributed by atoms with Crippen LogP contribution in [0.4, 0.5) is 5.69 Å². The van der Waals surface area contributed by atoms with Crippen LogP contribution >= 0.6 is 11.6 Å². The molecule has 0 fully saturated rings. The summed E-state index contributed by atoms with van der Waals surface area (Å²) < 4.78 is 7.40. The summed E-state index contributed by atoms with van der Waals surface area (Å²) >= 11 is 6.16. The van der Waals surface area contributed by atoms with Crippen LogP contribution in [-0.2, 0) is 7.05 Å². The van der Waals surface area contributed by atoms with E-state index in [1.54, 1.807) is 16.9 Å². The zero-order valence-corrected chi connectivity index (χ0v) is 11.7. The molecule has 0 saturated heterocycles. The van der Waals surface area contributed by atoms with Gasteiger partial charge in [0.25, 0.3) is 0 Å². The van der Waals surface area contributed by atoms with E-state index < -0.39 is 0 Å². The van der Waals surface area contributed by atoms with Crippen molar-refractivity contribution in [2.45, 2.75) is 13.0 Å². The highest BCUT2D eigenvalue weighted by molar-refractivity contribution is 6.33. The molecule has 1 atom stereocenters. The predicted octanol–water partition coefficient (Wildman–Crippen LogP) is 2.05. The van der Waals surface area contributed by atoms with Crippen molar-refractivity contribution in [3.63, 3.8) is 0 Å². The van der Waals surface area contributed by atoms with Crippen LogP contribution in [-0.4, -0.2) is 22.4 Å². The van der Waals surface area contributed by atoms with Gasteiger partial charge in [0.15, 0.2) is 0 Å². The maximum atomic E-state index is 6.16. The van der Waals surface area contributed by atoms with Crippen molar-refractivity contribution in [2.75, 3.05) is 12.3 Å². The van der Waals surface area contributed by atoms with Gasteiger partial charge in [-0.3, -0.25) is 4.68 Å². The smallest absolute Gasteiger partial charge is 0.128 e. The summed E-state index contributed by atoms with van der Waals surface area (Å²) in [6.07, 6.45) is 1.59. The molecule has 1 heterocycles. The number of halogens is 1. The summed E-state index contributed by atoms with van der Waals surface area (Å²) in [4.78, 5) is 0. The molecule has 0 amide bonds. The third kappa shape index (κ3) is 3.00. The number of nitrogens with two attached hydrogens (primary N) is 2. The van der Waals surface area contributed by atoms with Gasteiger partial charge in [0, 0.05) is 24.3 Å². The molecule has 1 aromatic heterocycles. The standard InChI is InChI=1S/C13H17ClN4O/c1-8(15)7-19-12-4-3-9(16)5-10(12)13-11(14)6-17-18(13)2/h3-6,8H,7,15-16H2,1-2H3/t8-/m0/s1. The lowest BCUT2D eigenvalue weighted by Crippen LogP contribution is -2.23. The topological polar surface area (TPSA) is 79.1 Å². The number of ether oxygens (including phenoxy) is 1. The second kappa shape index (κ2) is 5.50. The van der Waals surface area contributed by atoms with Crippen LogP contribution in [0.2, 0.25) is 5.02 Å². The van der Waals surface area contributed by atoms with Crippen LogP contribution < -0.4 is 16.2 Å². The van der Waals surface area contributed by atoms with Crippen LogP contribution in [0.5, 0.6) is 5.75 Å². The molecule has 0 aliphatic heterocycles. The fraction of sp³-hybridized carbons (Fsp3) is 0.308. The summed E-state index contributed by atoms with van der Waals surface area (Å²) in [7, 11) is 1.82. The Kier molecular flexibility index (Phi) is 3.97. The minimum absolute atomic E-state index is 0.0487. The monoisotopic (exact) mass is 280 g/mol. The number of hydrogen-bond donors (Lipinski definition) is 2. The first-order chi connectivity index (χ1) is 8.99. The molecular formula is C13H17ClN4O. The van der Waals surface area contributed by atoms with Crippen molar-refractivity contribution in [2.24, 2.45) is 12.8 Å². The summed E-state index contributed by atoms with van der Waals surface area (Å²) in [6, 6.07) is 5.37. The Labute approximate surface area is 117 Å².